The second-order valence-electron chi connectivity index (χ2n) is 8.11. The number of allylic oxidation sites excluding steroid dienone is 1. The van der Waals surface area contributed by atoms with Crippen LogP contribution in [-0.4, -0.2) is 19.2 Å². The van der Waals surface area contributed by atoms with Gasteiger partial charge in [0.25, 0.3) is 0 Å². The van der Waals surface area contributed by atoms with Gasteiger partial charge < -0.3 is 9.64 Å². The fourth-order valence-electron chi connectivity index (χ4n) is 4.45. The summed E-state index contributed by atoms with van der Waals surface area (Å²) in [6.45, 7) is 9.93. The number of halogens is 2. The van der Waals surface area contributed by atoms with Gasteiger partial charge in [-0.25, -0.2) is 0 Å². The van der Waals surface area contributed by atoms with Crippen LogP contribution in [0.2, 0.25) is 10.0 Å². The van der Waals surface area contributed by atoms with Crippen molar-refractivity contribution in [1.82, 2.24) is 0 Å². The average molecular weight is 429 g/mol. The van der Waals surface area contributed by atoms with Crippen molar-refractivity contribution < 1.29 is 4.74 Å². The molecule has 0 saturated carbocycles. The highest BCUT2D eigenvalue weighted by molar-refractivity contribution is 6.36. The molecule has 1 atom stereocenters. The summed E-state index contributed by atoms with van der Waals surface area (Å²) in [7, 11) is 1.66. The molecule has 0 radical (unpaired) electrons. The first-order valence-corrected chi connectivity index (χ1v) is 10.5. The van der Waals surface area contributed by atoms with E-state index in [2.05, 4.69) is 50.8 Å². The molecule has 152 valence electrons. The van der Waals surface area contributed by atoms with Gasteiger partial charge in [0.15, 0.2) is 0 Å². The summed E-state index contributed by atoms with van der Waals surface area (Å²) in [5.74, 6) is 1.15. The van der Waals surface area contributed by atoms with Crippen LogP contribution in [0, 0.1) is 11.3 Å². The van der Waals surface area contributed by atoms with Crippen LogP contribution in [0.25, 0.3) is 11.6 Å². The number of fused-ring (bicyclic) bond motifs is 1. The molecule has 0 saturated heterocycles. The van der Waals surface area contributed by atoms with Crippen LogP contribution in [0.15, 0.2) is 30.3 Å². The number of ether oxygens (including phenoxy) is 1. The summed E-state index contributed by atoms with van der Waals surface area (Å²) < 4.78 is 5.70. The molecule has 0 amide bonds. The minimum absolute atomic E-state index is 0.0815. The summed E-state index contributed by atoms with van der Waals surface area (Å²) in [6.07, 6.45) is 2.91. The van der Waals surface area contributed by atoms with Crippen molar-refractivity contribution in [2.24, 2.45) is 0 Å². The Morgan fingerprint density at radius 1 is 1.31 bits per heavy atom. The van der Waals surface area contributed by atoms with Crippen LogP contribution in [0.5, 0.6) is 5.75 Å². The van der Waals surface area contributed by atoms with Gasteiger partial charge in [0.05, 0.1) is 23.8 Å². The fourth-order valence-corrected chi connectivity index (χ4v) is 4.96. The number of hydrogen-bond acceptors (Lipinski definition) is 3. The molecule has 2 aromatic rings. The van der Waals surface area contributed by atoms with Crippen LogP contribution in [0.4, 0.5) is 5.69 Å². The highest BCUT2D eigenvalue weighted by atomic mass is 35.5. The Balaban J connectivity index is 2.17. The van der Waals surface area contributed by atoms with Gasteiger partial charge in [0, 0.05) is 40.0 Å². The van der Waals surface area contributed by atoms with Crippen LogP contribution in [0.3, 0.4) is 0 Å². The Hall–Kier alpha value is -2.15. The van der Waals surface area contributed by atoms with E-state index in [-0.39, 0.29) is 5.54 Å². The van der Waals surface area contributed by atoms with E-state index in [9.17, 15) is 5.26 Å². The minimum atomic E-state index is 0.0815. The molecule has 0 N–H and O–H groups in total. The molecule has 0 fully saturated rings. The van der Waals surface area contributed by atoms with E-state index in [0.717, 1.165) is 24.3 Å². The van der Waals surface area contributed by atoms with Crippen LogP contribution in [-0.2, 0) is 0 Å². The molecule has 2 aromatic carbocycles. The molecule has 29 heavy (non-hydrogen) atoms. The molecular weight excluding hydrogens is 403 g/mol. The monoisotopic (exact) mass is 428 g/mol. The zero-order valence-corrected chi connectivity index (χ0v) is 19.0. The summed E-state index contributed by atoms with van der Waals surface area (Å²) in [5, 5.41) is 10.8. The predicted molar refractivity (Wildman–Crippen MR) is 123 cm³/mol. The second-order valence-corrected chi connectivity index (χ2v) is 8.95. The van der Waals surface area contributed by atoms with Crippen LogP contribution < -0.4 is 9.64 Å². The lowest BCUT2D eigenvalue weighted by Crippen LogP contribution is -2.48. The van der Waals surface area contributed by atoms with E-state index in [1.54, 1.807) is 25.3 Å². The molecule has 5 heteroatoms. The first-order valence-electron chi connectivity index (χ1n) is 9.78. The second kappa shape index (κ2) is 8.30. The SMILES string of the molecule is CCN1c2cc(OC)c(/C=C(\C#N)c3ccc(Cl)cc3Cl)cc2C(C)CC1(C)C. The van der Waals surface area contributed by atoms with Gasteiger partial charge >= 0.3 is 0 Å². The molecule has 3 rings (SSSR count). The largest absolute Gasteiger partial charge is 0.496 e. The van der Waals surface area contributed by atoms with E-state index >= 15 is 0 Å². The minimum Gasteiger partial charge on any atom is -0.496 e. The number of rotatable bonds is 4. The lowest BCUT2D eigenvalue weighted by atomic mass is 9.79. The van der Waals surface area contributed by atoms with Gasteiger partial charge in [-0.05, 0) is 62.9 Å². The van der Waals surface area contributed by atoms with Crippen molar-refractivity contribution in [2.45, 2.75) is 45.6 Å². The zero-order chi connectivity index (χ0) is 21.3. The van der Waals surface area contributed by atoms with Gasteiger partial charge in [-0.3, -0.25) is 0 Å². The third-order valence-electron chi connectivity index (χ3n) is 5.69. The molecule has 1 aliphatic rings. The summed E-state index contributed by atoms with van der Waals surface area (Å²) >= 11 is 12.3. The highest BCUT2D eigenvalue weighted by Crippen LogP contribution is 2.46. The maximum atomic E-state index is 9.78. The van der Waals surface area contributed by atoms with Crippen molar-refractivity contribution in [2.75, 3.05) is 18.6 Å². The Bertz CT molecular complexity index is 1000. The van der Waals surface area contributed by atoms with Crippen molar-refractivity contribution in [3.8, 4) is 11.8 Å². The third-order valence-corrected chi connectivity index (χ3v) is 6.24. The van der Waals surface area contributed by atoms with E-state index in [4.69, 9.17) is 27.9 Å². The van der Waals surface area contributed by atoms with Gasteiger partial charge in [0.2, 0.25) is 0 Å². The third kappa shape index (κ3) is 4.10. The number of nitrogens with zero attached hydrogens (tertiary/aromatic N) is 2. The van der Waals surface area contributed by atoms with Crippen molar-refractivity contribution in [3.63, 3.8) is 0 Å². The number of hydrogen-bond donors (Lipinski definition) is 0. The van der Waals surface area contributed by atoms with Crippen LogP contribution >= 0.6 is 23.2 Å². The number of benzene rings is 2. The van der Waals surface area contributed by atoms with E-state index in [1.165, 1.54) is 11.3 Å². The molecule has 0 aromatic heterocycles. The van der Waals surface area contributed by atoms with Crippen LogP contribution in [0.1, 0.15) is 56.7 Å². The molecule has 3 nitrogen and oxygen atoms in total. The van der Waals surface area contributed by atoms with Gasteiger partial charge in [0.1, 0.15) is 5.75 Å². The lowest BCUT2D eigenvalue weighted by Gasteiger charge is -2.47. The van der Waals surface area contributed by atoms with E-state index in [0.29, 0.717) is 27.1 Å². The predicted octanol–water partition coefficient (Wildman–Crippen LogP) is 7.18. The van der Waals surface area contributed by atoms with E-state index in [1.807, 2.05) is 6.08 Å². The quantitative estimate of drug-likeness (QED) is 0.382. The van der Waals surface area contributed by atoms with Crippen molar-refractivity contribution >= 4 is 40.5 Å². The Morgan fingerprint density at radius 3 is 2.62 bits per heavy atom. The summed E-state index contributed by atoms with van der Waals surface area (Å²) in [5.41, 5.74) is 4.56. The molecule has 0 bridgehead atoms. The summed E-state index contributed by atoms with van der Waals surface area (Å²) in [4.78, 5) is 2.43. The fraction of sp³-hybridized carbons (Fsp3) is 0.375. The maximum absolute atomic E-state index is 9.78. The molecule has 0 spiro atoms. The van der Waals surface area contributed by atoms with Gasteiger partial charge in [-0.1, -0.05) is 36.2 Å². The Labute approximate surface area is 183 Å². The first kappa shape index (κ1) is 21.6. The van der Waals surface area contributed by atoms with Crippen molar-refractivity contribution in [1.29, 1.82) is 5.26 Å². The Kier molecular flexibility index (Phi) is 6.17. The smallest absolute Gasteiger partial charge is 0.128 e. The Morgan fingerprint density at radius 2 is 2.03 bits per heavy atom. The molecule has 1 unspecified atom stereocenters. The summed E-state index contributed by atoms with van der Waals surface area (Å²) in [6, 6.07) is 11.7. The maximum Gasteiger partial charge on any atom is 0.128 e. The number of methoxy groups -OCH3 is 1. The standard InChI is InChI=1S/C24H26Cl2N2O/c1-6-28-22-12-23(29-5)16(10-20(22)15(2)13-24(28,3)4)9-17(14-27)19-8-7-18(25)11-21(19)26/h7-12,15H,6,13H2,1-5H3/b17-9+. The molecule has 0 aliphatic carbocycles. The lowest BCUT2D eigenvalue weighted by molar-refractivity contribution is 0.377. The number of anilines is 1. The van der Waals surface area contributed by atoms with Crippen molar-refractivity contribution in [3.05, 3.63) is 57.1 Å². The zero-order valence-electron chi connectivity index (χ0n) is 17.5. The van der Waals surface area contributed by atoms with Gasteiger partial charge in [-0.15, -0.1) is 0 Å². The van der Waals surface area contributed by atoms with E-state index < -0.39 is 0 Å². The topological polar surface area (TPSA) is 36.3 Å². The number of nitriles is 1. The normalized spacial score (nSPS) is 18.2. The van der Waals surface area contributed by atoms with Gasteiger partial charge in [-0.2, -0.15) is 5.26 Å². The molecule has 1 aliphatic heterocycles. The highest BCUT2D eigenvalue weighted by Gasteiger charge is 2.36. The molecule has 1 heterocycles. The average Bonchev–Trinajstić information content (AvgIpc) is 2.66. The first-order chi connectivity index (χ1) is 13.7. The molecular formula is C24H26Cl2N2O.